The fourth-order valence-corrected chi connectivity index (χ4v) is 1.29. The second-order valence-electron chi connectivity index (χ2n) is 3.30. The third kappa shape index (κ3) is 4.65. The van der Waals surface area contributed by atoms with Crippen molar-refractivity contribution < 1.29 is 4.79 Å². The van der Waals surface area contributed by atoms with Crippen LogP contribution in [0.3, 0.4) is 0 Å². The first-order valence-electron chi connectivity index (χ1n) is 4.50. The summed E-state index contributed by atoms with van der Waals surface area (Å²) in [6.45, 7) is 7.93. The maximum absolute atomic E-state index is 11.4. The van der Waals surface area contributed by atoms with Gasteiger partial charge in [0.1, 0.15) is 0 Å². The summed E-state index contributed by atoms with van der Waals surface area (Å²) in [6.07, 6.45) is 0.559. The van der Waals surface area contributed by atoms with E-state index >= 15 is 0 Å². The van der Waals surface area contributed by atoms with Crippen LogP contribution in [-0.4, -0.2) is 29.6 Å². The van der Waals surface area contributed by atoms with Crippen LogP contribution in [0.5, 0.6) is 0 Å². The van der Waals surface area contributed by atoms with Crippen LogP contribution in [0.25, 0.3) is 0 Å². The second kappa shape index (κ2) is 6.35. The zero-order valence-corrected chi connectivity index (χ0v) is 9.10. The van der Waals surface area contributed by atoms with E-state index in [0.717, 1.165) is 13.1 Å². The summed E-state index contributed by atoms with van der Waals surface area (Å²) in [5.41, 5.74) is 0. The molecule has 0 aliphatic heterocycles. The monoisotopic (exact) mass is 189 g/mol. The molecule has 0 unspecified atom stereocenters. The van der Waals surface area contributed by atoms with Crippen molar-refractivity contribution in [2.75, 3.05) is 18.8 Å². The highest BCUT2D eigenvalue weighted by molar-refractivity contribution is 7.80. The van der Waals surface area contributed by atoms with E-state index in [1.165, 1.54) is 0 Å². The molecule has 0 aromatic rings. The molecule has 0 saturated heterocycles. The standard InChI is InChI=1S/C9H19NOS/c1-4-10(7-8(2)3)9(11)5-6-12/h8,12H,4-7H2,1-3H3. The molecule has 1 amide bonds. The number of thiol groups is 1. The second-order valence-corrected chi connectivity index (χ2v) is 3.75. The van der Waals surface area contributed by atoms with Crippen LogP contribution in [0.1, 0.15) is 27.2 Å². The Labute approximate surface area is 80.7 Å². The topological polar surface area (TPSA) is 20.3 Å². The van der Waals surface area contributed by atoms with Crippen LogP contribution in [0, 0.1) is 5.92 Å². The van der Waals surface area contributed by atoms with E-state index in [1.54, 1.807) is 0 Å². The van der Waals surface area contributed by atoms with Gasteiger partial charge in [-0.25, -0.2) is 0 Å². The smallest absolute Gasteiger partial charge is 0.223 e. The Morgan fingerprint density at radius 2 is 2.08 bits per heavy atom. The molecule has 2 nitrogen and oxygen atoms in total. The molecule has 0 aliphatic carbocycles. The largest absolute Gasteiger partial charge is 0.343 e. The van der Waals surface area contributed by atoms with E-state index in [0.29, 0.717) is 18.1 Å². The van der Waals surface area contributed by atoms with Gasteiger partial charge in [0.15, 0.2) is 0 Å². The summed E-state index contributed by atoms with van der Waals surface area (Å²) in [6, 6.07) is 0. The lowest BCUT2D eigenvalue weighted by Gasteiger charge is -2.22. The molecule has 0 aromatic carbocycles. The van der Waals surface area contributed by atoms with Crippen molar-refractivity contribution in [3.63, 3.8) is 0 Å². The van der Waals surface area contributed by atoms with Crippen molar-refractivity contribution in [2.45, 2.75) is 27.2 Å². The van der Waals surface area contributed by atoms with Gasteiger partial charge in [0.25, 0.3) is 0 Å². The molecule has 0 bridgehead atoms. The fourth-order valence-electron chi connectivity index (χ4n) is 1.10. The first-order valence-corrected chi connectivity index (χ1v) is 5.13. The SMILES string of the molecule is CCN(CC(C)C)C(=O)CCS. The van der Waals surface area contributed by atoms with E-state index in [-0.39, 0.29) is 5.91 Å². The van der Waals surface area contributed by atoms with Gasteiger partial charge in [-0.3, -0.25) is 4.79 Å². The maximum Gasteiger partial charge on any atom is 0.223 e. The Balaban J connectivity index is 3.87. The lowest BCUT2D eigenvalue weighted by molar-refractivity contribution is -0.131. The van der Waals surface area contributed by atoms with Gasteiger partial charge in [0, 0.05) is 19.5 Å². The minimum atomic E-state index is 0.223. The number of hydrogen-bond donors (Lipinski definition) is 1. The van der Waals surface area contributed by atoms with Crippen LogP contribution in [0.2, 0.25) is 0 Å². The van der Waals surface area contributed by atoms with Crippen LogP contribution in [0.15, 0.2) is 0 Å². The van der Waals surface area contributed by atoms with Crippen LogP contribution >= 0.6 is 12.6 Å². The Bertz CT molecular complexity index is 136. The molecule has 0 aliphatic rings. The molecule has 72 valence electrons. The van der Waals surface area contributed by atoms with Crippen LogP contribution in [0.4, 0.5) is 0 Å². The van der Waals surface area contributed by atoms with E-state index in [9.17, 15) is 4.79 Å². The zero-order chi connectivity index (χ0) is 9.56. The summed E-state index contributed by atoms with van der Waals surface area (Å²) in [5.74, 6) is 1.42. The number of rotatable bonds is 5. The van der Waals surface area contributed by atoms with Gasteiger partial charge in [0.2, 0.25) is 5.91 Å². The molecule has 0 atom stereocenters. The van der Waals surface area contributed by atoms with Crippen molar-refractivity contribution in [3.05, 3.63) is 0 Å². The molecule has 0 N–H and O–H groups in total. The average molecular weight is 189 g/mol. The molecule has 0 aromatic heterocycles. The fraction of sp³-hybridized carbons (Fsp3) is 0.889. The molecule has 0 spiro atoms. The van der Waals surface area contributed by atoms with Crippen molar-refractivity contribution >= 4 is 18.5 Å². The minimum Gasteiger partial charge on any atom is -0.343 e. The predicted octanol–water partition coefficient (Wildman–Crippen LogP) is 1.81. The normalized spacial score (nSPS) is 10.4. The van der Waals surface area contributed by atoms with Gasteiger partial charge >= 0.3 is 0 Å². The predicted molar refractivity (Wildman–Crippen MR) is 55.6 cm³/mol. The van der Waals surface area contributed by atoms with Crippen LogP contribution < -0.4 is 0 Å². The van der Waals surface area contributed by atoms with Crippen LogP contribution in [-0.2, 0) is 4.79 Å². The Morgan fingerprint density at radius 1 is 1.50 bits per heavy atom. The summed E-state index contributed by atoms with van der Waals surface area (Å²) >= 11 is 4.04. The molecule has 3 heteroatoms. The van der Waals surface area contributed by atoms with Crippen molar-refractivity contribution in [1.82, 2.24) is 4.90 Å². The van der Waals surface area contributed by atoms with E-state index in [1.807, 2.05) is 11.8 Å². The summed E-state index contributed by atoms with van der Waals surface area (Å²) < 4.78 is 0. The van der Waals surface area contributed by atoms with E-state index in [4.69, 9.17) is 0 Å². The summed E-state index contributed by atoms with van der Waals surface area (Å²) in [5, 5.41) is 0. The van der Waals surface area contributed by atoms with Gasteiger partial charge < -0.3 is 4.90 Å². The highest BCUT2D eigenvalue weighted by Crippen LogP contribution is 2.01. The number of carbonyl (C=O) groups is 1. The number of hydrogen-bond acceptors (Lipinski definition) is 2. The molecule has 0 radical (unpaired) electrons. The Kier molecular flexibility index (Phi) is 6.25. The number of nitrogens with zero attached hydrogens (tertiary/aromatic N) is 1. The maximum atomic E-state index is 11.4. The lowest BCUT2D eigenvalue weighted by atomic mass is 10.2. The molecular weight excluding hydrogens is 170 g/mol. The minimum absolute atomic E-state index is 0.223. The highest BCUT2D eigenvalue weighted by atomic mass is 32.1. The van der Waals surface area contributed by atoms with Gasteiger partial charge in [-0.2, -0.15) is 12.6 Å². The third-order valence-corrected chi connectivity index (χ3v) is 1.87. The van der Waals surface area contributed by atoms with Gasteiger partial charge in [0.05, 0.1) is 0 Å². The summed E-state index contributed by atoms with van der Waals surface area (Å²) in [7, 11) is 0. The van der Waals surface area contributed by atoms with Gasteiger partial charge in [-0.15, -0.1) is 0 Å². The van der Waals surface area contributed by atoms with E-state index in [2.05, 4.69) is 26.5 Å². The van der Waals surface area contributed by atoms with Crippen molar-refractivity contribution in [2.24, 2.45) is 5.92 Å². The molecular formula is C9H19NOS. The Morgan fingerprint density at radius 3 is 2.42 bits per heavy atom. The number of amides is 1. The average Bonchev–Trinajstić information content (AvgIpc) is 2.00. The molecule has 0 rings (SSSR count). The Hall–Kier alpha value is -0.180. The first-order chi connectivity index (χ1) is 5.61. The van der Waals surface area contributed by atoms with E-state index < -0.39 is 0 Å². The third-order valence-electron chi connectivity index (χ3n) is 1.65. The van der Waals surface area contributed by atoms with Gasteiger partial charge in [-0.05, 0) is 18.6 Å². The van der Waals surface area contributed by atoms with Gasteiger partial charge in [-0.1, -0.05) is 13.8 Å². The number of carbonyl (C=O) groups excluding carboxylic acids is 1. The lowest BCUT2D eigenvalue weighted by Crippen LogP contribution is -2.34. The molecule has 0 fully saturated rings. The van der Waals surface area contributed by atoms with Crippen molar-refractivity contribution in [1.29, 1.82) is 0 Å². The zero-order valence-electron chi connectivity index (χ0n) is 8.21. The summed E-state index contributed by atoms with van der Waals surface area (Å²) in [4.78, 5) is 13.3. The molecule has 0 heterocycles. The quantitative estimate of drug-likeness (QED) is 0.654. The highest BCUT2D eigenvalue weighted by Gasteiger charge is 2.11. The molecule has 12 heavy (non-hydrogen) atoms. The molecule has 0 saturated carbocycles. The first kappa shape index (κ1) is 11.8. The van der Waals surface area contributed by atoms with Crippen molar-refractivity contribution in [3.8, 4) is 0 Å².